The minimum Gasteiger partial charge on any atom is -0.504 e. The lowest BCUT2D eigenvalue weighted by Gasteiger charge is -2.37. The van der Waals surface area contributed by atoms with Crippen LogP contribution in [0.15, 0.2) is 18.2 Å². The minimum atomic E-state index is -0.321. The highest BCUT2D eigenvalue weighted by Crippen LogP contribution is 2.33. The van der Waals surface area contributed by atoms with Gasteiger partial charge in [-0.1, -0.05) is 6.07 Å². The molecule has 2 atom stereocenters. The summed E-state index contributed by atoms with van der Waals surface area (Å²) >= 11 is 0. The number of nitrogens with zero attached hydrogens (tertiary/aromatic N) is 1. The van der Waals surface area contributed by atoms with Crippen molar-refractivity contribution in [3.8, 4) is 11.5 Å². The summed E-state index contributed by atoms with van der Waals surface area (Å²) in [6, 6.07) is 5.76. The highest BCUT2D eigenvalue weighted by molar-refractivity contribution is 5.97. The van der Waals surface area contributed by atoms with Gasteiger partial charge in [0, 0.05) is 24.7 Å². The van der Waals surface area contributed by atoms with E-state index in [1.165, 1.54) is 18.9 Å². The minimum absolute atomic E-state index is 0.183. The maximum absolute atomic E-state index is 12.7. The first-order valence-corrected chi connectivity index (χ1v) is 7.68. The lowest BCUT2D eigenvalue weighted by molar-refractivity contribution is 0.0627. The first-order valence-electron chi connectivity index (χ1n) is 7.68. The number of piperidine rings is 1. The Morgan fingerprint density at radius 1 is 1.29 bits per heavy atom. The smallest absolute Gasteiger partial charge is 0.257 e. The molecule has 0 aliphatic carbocycles. The van der Waals surface area contributed by atoms with Crippen LogP contribution in [0.1, 0.15) is 43.0 Å². The number of para-hydroxylation sites is 1. The predicted molar refractivity (Wildman–Crippen MR) is 79.4 cm³/mol. The molecule has 3 rings (SSSR count). The van der Waals surface area contributed by atoms with Crippen LogP contribution in [0.5, 0.6) is 11.5 Å². The van der Waals surface area contributed by atoms with Crippen molar-refractivity contribution in [1.29, 1.82) is 0 Å². The second-order valence-corrected chi connectivity index (χ2v) is 6.03. The van der Waals surface area contributed by atoms with E-state index >= 15 is 0 Å². The molecular formula is C16H22N2O3. The number of amides is 1. The van der Waals surface area contributed by atoms with Crippen molar-refractivity contribution in [2.24, 2.45) is 0 Å². The summed E-state index contributed by atoms with van der Waals surface area (Å²) in [5, 5.41) is 23.1. The van der Waals surface area contributed by atoms with E-state index in [1.807, 2.05) is 11.8 Å². The Hall–Kier alpha value is -1.75. The average molecular weight is 290 g/mol. The van der Waals surface area contributed by atoms with Gasteiger partial charge in [0.1, 0.15) is 0 Å². The SMILES string of the molecule is CCN(C(=O)c1cccc(O)c1O)C1CC2CCC(C1)N2. The third kappa shape index (κ3) is 2.58. The maximum Gasteiger partial charge on any atom is 0.257 e. The molecule has 5 nitrogen and oxygen atoms in total. The molecule has 21 heavy (non-hydrogen) atoms. The van der Waals surface area contributed by atoms with Gasteiger partial charge in [0.25, 0.3) is 5.91 Å². The number of hydrogen-bond donors (Lipinski definition) is 3. The number of aromatic hydroxyl groups is 2. The van der Waals surface area contributed by atoms with Crippen LogP contribution in [-0.2, 0) is 0 Å². The van der Waals surface area contributed by atoms with E-state index in [1.54, 1.807) is 12.1 Å². The molecule has 0 spiro atoms. The van der Waals surface area contributed by atoms with E-state index in [-0.39, 0.29) is 29.0 Å². The Bertz CT molecular complexity index is 534. The van der Waals surface area contributed by atoms with Gasteiger partial charge in [0.15, 0.2) is 11.5 Å². The fraction of sp³-hybridized carbons (Fsp3) is 0.562. The topological polar surface area (TPSA) is 72.8 Å². The fourth-order valence-electron chi connectivity index (χ4n) is 3.71. The van der Waals surface area contributed by atoms with Gasteiger partial charge in [-0.25, -0.2) is 0 Å². The number of hydrogen-bond acceptors (Lipinski definition) is 4. The van der Waals surface area contributed by atoms with Crippen LogP contribution < -0.4 is 5.32 Å². The van der Waals surface area contributed by atoms with Crippen LogP contribution in [0.3, 0.4) is 0 Å². The predicted octanol–water partition coefficient (Wildman–Crippen LogP) is 1.84. The van der Waals surface area contributed by atoms with Crippen LogP contribution in [0.25, 0.3) is 0 Å². The van der Waals surface area contributed by atoms with E-state index in [4.69, 9.17) is 0 Å². The van der Waals surface area contributed by atoms with Gasteiger partial charge < -0.3 is 20.4 Å². The van der Waals surface area contributed by atoms with Gasteiger partial charge in [-0.2, -0.15) is 0 Å². The first-order chi connectivity index (χ1) is 10.1. The van der Waals surface area contributed by atoms with E-state index in [2.05, 4.69) is 5.32 Å². The maximum atomic E-state index is 12.7. The van der Waals surface area contributed by atoms with Crippen molar-refractivity contribution >= 4 is 5.91 Å². The van der Waals surface area contributed by atoms with Gasteiger partial charge in [0.05, 0.1) is 5.56 Å². The summed E-state index contributed by atoms with van der Waals surface area (Å²) < 4.78 is 0. The molecule has 0 aromatic heterocycles. The number of phenolic OH excluding ortho intramolecular Hbond substituents is 2. The van der Waals surface area contributed by atoms with Crippen molar-refractivity contribution in [2.45, 2.75) is 50.7 Å². The van der Waals surface area contributed by atoms with E-state index in [9.17, 15) is 15.0 Å². The molecular weight excluding hydrogens is 268 g/mol. The molecule has 2 fully saturated rings. The first kappa shape index (κ1) is 14.2. The molecule has 2 bridgehead atoms. The molecule has 5 heteroatoms. The molecule has 2 heterocycles. The lowest BCUT2D eigenvalue weighted by atomic mass is 9.97. The molecule has 3 N–H and O–H groups in total. The normalized spacial score (nSPS) is 27.6. The second kappa shape index (κ2) is 5.56. The Morgan fingerprint density at radius 3 is 2.57 bits per heavy atom. The lowest BCUT2D eigenvalue weighted by Crippen LogP contribution is -2.50. The number of phenols is 2. The highest BCUT2D eigenvalue weighted by atomic mass is 16.3. The second-order valence-electron chi connectivity index (χ2n) is 6.03. The molecule has 2 saturated heterocycles. The number of fused-ring (bicyclic) bond motifs is 2. The van der Waals surface area contributed by atoms with E-state index in [0.29, 0.717) is 18.6 Å². The zero-order chi connectivity index (χ0) is 15.0. The largest absolute Gasteiger partial charge is 0.504 e. The average Bonchev–Trinajstić information content (AvgIpc) is 2.81. The third-order valence-corrected chi connectivity index (χ3v) is 4.74. The Morgan fingerprint density at radius 2 is 1.95 bits per heavy atom. The van der Waals surface area contributed by atoms with E-state index < -0.39 is 0 Å². The third-order valence-electron chi connectivity index (χ3n) is 4.74. The molecule has 1 aromatic carbocycles. The van der Waals surface area contributed by atoms with Crippen LogP contribution in [0, 0.1) is 0 Å². The summed E-state index contributed by atoms with van der Waals surface area (Å²) in [5.74, 6) is -0.766. The van der Waals surface area contributed by atoms with Crippen molar-refractivity contribution in [3.63, 3.8) is 0 Å². The summed E-state index contributed by atoms with van der Waals surface area (Å²) in [5.41, 5.74) is 0.183. The quantitative estimate of drug-likeness (QED) is 0.743. The molecule has 114 valence electrons. The zero-order valence-electron chi connectivity index (χ0n) is 12.2. The zero-order valence-corrected chi connectivity index (χ0v) is 12.2. The highest BCUT2D eigenvalue weighted by Gasteiger charge is 2.37. The van der Waals surface area contributed by atoms with Crippen LogP contribution in [0.4, 0.5) is 0 Å². The van der Waals surface area contributed by atoms with Crippen LogP contribution >= 0.6 is 0 Å². The van der Waals surface area contributed by atoms with Crippen molar-refractivity contribution in [3.05, 3.63) is 23.8 Å². The van der Waals surface area contributed by atoms with Gasteiger partial charge in [0.2, 0.25) is 0 Å². The number of carbonyl (C=O) groups excluding carboxylic acids is 1. The Kier molecular flexibility index (Phi) is 3.76. The number of nitrogens with one attached hydrogen (secondary N) is 1. The van der Waals surface area contributed by atoms with Crippen molar-refractivity contribution in [2.75, 3.05) is 6.54 Å². The molecule has 2 aliphatic heterocycles. The number of benzene rings is 1. The van der Waals surface area contributed by atoms with Gasteiger partial charge in [-0.05, 0) is 44.7 Å². The Balaban J connectivity index is 1.82. The molecule has 1 aromatic rings. The fourth-order valence-corrected chi connectivity index (χ4v) is 3.71. The molecule has 2 unspecified atom stereocenters. The number of carbonyl (C=O) groups is 1. The summed E-state index contributed by atoms with van der Waals surface area (Å²) in [4.78, 5) is 14.6. The standard InChI is InChI=1S/C16H22N2O3/c1-2-18(12-8-10-6-7-11(9-12)17-10)16(21)13-4-3-5-14(19)15(13)20/h3-5,10-12,17,19-20H,2,6-9H2,1H3. The van der Waals surface area contributed by atoms with Gasteiger partial charge in [-0.3, -0.25) is 4.79 Å². The van der Waals surface area contributed by atoms with Crippen LogP contribution in [-0.4, -0.2) is 45.7 Å². The summed E-state index contributed by atoms with van der Waals surface area (Å²) in [6.07, 6.45) is 4.31. The van der Waals surface area contributed by atoms with Gasteiger partial charge >= 0.3 is 0 Å². The summed E-state index contributed by atoms with van der Waals surface area (Å²) in [7, 11) is 0. The van der Waals surface area contributed by atoms with Crippen molar-refractivity contribution in [1.82, 2.24) is 10.2 Å². The Labute approximate surface area is 124 Å². The molecule has 0 radical (unpaired) electrons. The van der Waals surface area contributed by atoms with E-state index in [0.717, 1.165) is 12.8 Å². The monoisotopic (exact) mass is 290 g/mol. The molecule has 1 amide bonds. The van der Waals surface area contributed by atoms with Gasteiger partial charge in [-0.15, -0.1) is 0 Å². The summed E-state index contributed by atoms with van der Waals surface area (Å²) in [6.45, 7) is 2.57. The molecule has 0 saturated carbocycles. The number of rotatable bonds is 3. The van der Waals surface area contributed by atoms with Crippen LogP contribution in [0.2, 0.25) is 0 Å². The van der Waals surface area contributed by atoms with Crippen molar-refractivity contribution < 1.29 is 15.0 Å². The molecule has 2 aliphatic rings.